The highest BCUT2D eigenvalue weighted by Gasteiger charge is 2.51. The number of carbonyl (C=O) groups excluding carboxylic acids is 3. The fourth-order valence-corrected chi connectivity index (χ4v) is 9.23. The molecule has 22 nitrogen and oxygen atoms in total. The quantitative estimate of drug-likeness (QED) is 0.163. The Balaban J connectivity index is 1.60. The van der Waals surface area contributed by atoms with E-state index in [2.05, 4.69) is 15.3 Å². The second-order valence-electron chi connectivity index (χ2n) is 20.1. The number of nitrogens with two attached hydrogens (primary N) is 1. The molecule has 22 heteroatoms. The predicted molar refractivity (Wildman–Crippen MR) is 276 cm³/mol. The molecular weight excluding hydrogens is 993 g/mol. The minimum absolute atomic E-state index is 0.0714. The number of rotatable bonds is 7. The van der Waals surface area contributed by atoms with Gasteiger partial charge in [0, 0.05) is 55.8 Å². The number of H-pyrrole nitrogens is 1. The Kier molecular flexibility index (Phi) is 26.5. The zero-order chi connectivity index (χ0) is 56.1. The number of aromatic amines is 1. The summed E-state index contributed by atoms with van der Waals surface area (Å²) < 4.78 is 28.9. The highest BCUT2D eigenvalue weighted by Crippen LogP contribution is 2.38. The molecule has 0 saturated carbocycles. The predicted octanol–water partition coefficient (Wildman–Crippen LogP) is 0.251. The van der Waals surface area contributed by atoms with E-state index in [0.29, 0.717) is 5.69 Å². The SMILES string of the molecule is COC(=O)[C@H]1[C@@H]2C[C@@H](O[C@@H]3O[C@H](C)[C@@H](O)[C@H](NC(=O)[C@@H](N)Cc4cnc[nH]4)[C@@H]3O)/C=C/C=C/C=C/C=C/C=C/C=C/C=C/[C@H](C)[C@@H](O)[C@@H](C)[C@H](C)OC(=O)C[C@H](O)C[C@H](O)CC[C@@H](O)[C@H](O)C[C@H](O)C[C@](O)(C[C@@H]1O)O2. The van der Waals surface area contributed by atoms with Gasteiger partial charge in [-0.05, 0) is 33.1 Å². The molecule has 1 amide bonds. The van der Waals surface area contributed by atoms with Crippen LogP contribution in [0.15, 0.2) is 97.6 Å². The van der Waals surface area contributed by atoms with Gasteiger partial charge in [0.05, 0.1) is 93.0 Å². The van der Waals surface area contributed by atoms with Crippen LogP contribution in [-0.2, 0) is 44.5 Å². The summed E-state index contributed by atoms with van der Waals surface area (Å²) in [6.07, 6.45) is 5.64. The third-order valence-electron chi connectivity index (χ3n) is 13.8. The van der Waals surface area contributed by atoms with Crippen LogP contribution in [0.1, 0.15) is 84.8 Å². The Hall–Kier alpha value is -4.76. The molecule has 76 heavy (non-hydrogen) atoms. The number of aromatic nitrogens is 2. The Morgan fingerprint density at radius 2 is 1.38 bits per heavy atom. The number of carbonyl (C=O) groups is 3. The van der Waals surface area contributed by atoms with E-state index >= 15 is 0 Å². The van der Waals surface area contributed by atoms with Gasteiger partial charge in [-0.25, -0.2) is 4.98 Å². The number of esters is 2. The van der Waals surface area contributed by atoms with Crippen LogP contribution in [0.25, 0.3) is 0 Å². The molecule has 20 atom stereocenters. The molecule has 4 heterocycles. The summed E-state index contributed by atoms with van der Waals surface area (Å²) in [5.74, 6) is -6.86. The summed E-state index contributed by atoms with van der Waals surface area (Å²) in [6, 6.07) is -2.44. The zero-order valence-corrected chi connectivity index (χ0v) is 43.8. The van der Waals surface area contributed by atoms with E-state index in [1.807, 2.05) is 13.0 Å². The maximum absolute atomic E-state index is 13.3. The number of ether oxygens (including phenoxy) is 5. The van der Waals surface area contributed by atoms with Crippen LogP contribution in [-0.4, -0.2) is 190 Å². The number of methoxy groups -OCH3 is 1. The highest BCUT2D eigenvalue weighted by molar-refractivity contribution is 5.82. The lowest BCUT2D eigenvalue weighted by atomic mass is 9.82. The number of fused-ring (bicyclic) bond motifs is 2. The van der Waals surface area contributed by atoms with Crippen molar-refractivity contribution >= 4 is 17.8 Å². The average Bonchev–Trinajstić information content (AvgIpc) is 3.87. The number of nitrogens with one attached hydrogen (secondary N) is 2. The van der Waals surface area contributed by atoms with Gasteiger partial charge < -0.3 is 90.8 Å². The van der Waals surface area contributed by atoms with Gasteiger partial charge in [0.2, 0.25) is 5.91 Å². The van der Waals surface area contributed by atoms with Gasteiger partial charge in [-0.1, -0.05) is 98.9 Å². The van der Waals surface area contributed by atoms with Crippen LogP contribution in [0.5, 0.6) is 0 Å². The lowest BCUT2D eigenvalue weighted by Gasteiger charge is -2.46. The first-order valence-corrected chi connectivity index (χ1v) is 25.8. The van der Waals surface area contributed by atoms with E-state index in [4.69, 9.17) is 29.4 Å². The fourth-order valence-electron chi connectivity index (χ4n) is 9.23. The Bertz CT molecular complexity index is 2130. The van der Waals surface area contributed by atoms with Gasteiger partial charge in [0.25, 0.3) is 0 Å². The minimum Gasteiger partial charge on any atom is -0.469 e. The van der Waals surface area contributed by atoms with Crippen LogP contribution in [0.4, 0.5) is 0 Å². The van der Waals surface area contributed by atoms with Crippen LogP contribution >= 0.6 is 0 Å². The van der Waals surface area contributed by atoms with Crippen molar-refractivity contribution in [2.75, 3.05) is 7.11 Å². The molecule has 0 aliphatic carbocycles. The molecular formula is C54H82N4O18. The summed E-state index contributed by atoms with van der Waals surface area (Å²) in [5, 5.41) is 114. The Morgan fingerprint density at radius 3 is 1.99 bits per heavy atom. The number of allylic oxidation sites excluding steroid dienone is 12. The monoisotopic (exact) mass is 1070 g/mol. The van der Waals surface area contributed by atoms with E-state index in [1.165, 1.54) is 25.5 Å². The third-order valence-corrected chi connectivity index (χ3v) is 13.8. The van der Waals surface area contributed by atoms with Gasteiger partial charge in [0.15, 0.2) is 12.1 Å². The lowest BCUT2D eigenvalue weighted by molar-refractivity contribution is -0.309. The molecule has 14 N–H and O–H groups in total. The molecule has 0 unspecified atom stereocenters. The number of imidazole rings is 1. The molecule has 2 saturated heterocycles. The maximum atomic E-state index is 13.3. The van der Waals surface area contributed by atoms with Gasteiger partial charge in [-0.15, -0.1) is 0 Å². The average molecular weight is 1080 g/mol. The highest BCUT2D eigenvalue weighted by atomic mass is 16.7. The van der Waals surface area contributed by atoms with E-state index in [0.717, 1.165) is 7.11 Å². The molecule has 0 spiro atoms. The third kappa shape index (κ3) is 20.6. The van der Waals surface area contributed by atoms with Gasteiger partial charge in [-0.2, -0.15) is 0 Å². The van der Waals surface area contributed by atoms with E-state index in [9.17, 15) is 65.4 Å². The zero-order valence-electron chi connectivity index (χ0n) is 43.8. The van der Waals surface area contributed by atoms with E-state index in [-0.39, 0.29) is 38.0 Å². The molecule has 0 radical (unpaired) electrons. The largest absolute Gasteiger partial charge is 0.469 e. The number of cyclic esters (lactones) is 1. The second kappa shape index (κ2) is 31.6. The first kappa shape index (κ1) is 63.8. The van der Waals surface area contributed by atoms with Crippen molar-refractivity contribution in [3.05, 3.63) is 103 Å². The molecule has 4 rings (SSSR count). The number of aliphatic hydroxyl groups excluding tert-OH is 9. The molecule has 2 bridgehead atoms. The first-order chi connectivity index (χ1) is 36.0. The molecule has 426 valence electrons. The molecule has 1 aromatic heterocycles. The first-order valence-electron chi connectivity index (χ1n) is 25.8. The van der Waals surface area contributed by atoms with Gasteiger partial charge >= 0.3 is 11.9 Å². The van der Waals surface area contributed by atoms with E-state index < -0.39 is 159 Å². The summed E-state index contributed by atoms with van der Waals surface area (Å²) in [7, 11) is 1.10. The van der Waals surface area contributed by atoms with Crippen molar-refractivity contribution < 1.29 is 89.1 Å². The van der Waals surface area contributed by atoms with Crippen molar-refractivity contribution in [2.45, 2.75) is 189 Å². The normalized spacial score (nSPS) is 40.9. The smallest absolute Gasteiger partial charge is 0.313 e. The van der Waals surface area contributed by atoms with Crippen LogP contribution in [0.2, 0.25) is 0 Å². The Morgan fingerprint density at radius 1 is 0.763 bits per heavy atom. The topological polar surface area (TPSA) is 366 Å². The van der Waals surface area contributed by atoms with Crippen molar-refractivity contribution in [1.82, 2.24) is 15.3 Å². The van der Waals surface area contributed by atoms with Crippen molar-refractivity contribution in [3.63, 3.8) is 0 Å². The fraction of sp³-hybridized carbons (Fsp3) is 0.630. The van der Waals surface area contributed by atoms with Crippen molar-refractivity contribution in [2.24, 2.45) is 23.5 Å². The second-order valence-corrected chi connectivity index (χ2v) is 20.1. The number of amides is 1. The summed E-state index contributed by atoms with van der Waals surface area (Å²) in [4.78, 5) is 46.0. The van der Waals surface area contributed by atoms with Crippen LogP contribution < -0.4 is 11.1 Å². The summed E-state index contributed by atoms with van der Waals surface area (Å²) >= 11 is 0. The van der Waals surface area contributed by atoms with Crippen LogP contribution in [0.3, 0.4) is 0 Å². The number of nitrogens with zero attached hydrogens (tertiary/aromatic N) is 1. The minimum atomic E-state index is -2.34. The molecule has 0 aromatic carbocycles. The van der Waals surface area contributed by atoms with Crippen LogP contribution in [0, 0.1) is 17.8 Å². The van der Waals surface area contributed by atoms with Crippen molar-refractivity contribution in [1.29, 1.82) is 0 Å². The van der Waals surface area contributed by atoms with Gasteiger partial charge in [0.1, 0.15) is 24.2 Å². The standard InChI is InChI=1S/C54H82N4O18/c1-31-18-16-14-12-10-8-6-7-9-11-13-15-17-19-39(75-53-50(68)47(49(67)34(4)74-53)58-51(69)40(55)22-35-29-56-30-57-35)26-44-46(52(70)72-5)43(64)28-54(71,76-44)27-38(61)24-42(63)41(62)21-20-36(59)23-37(60)25-45(65)73-33(3)32(2)48(31)66/h6-19,29-34,36-44,46-50,53,59-64,66-68,71H,20-28,55H2,1-5H3,(H,56,57)(H,58,69)/b7-6+,10-8+,11-9+,14-12+,15-13+,18-16+,19-17+/t31-,32-,33-,34+,36+,37+,38-,39-,40-,41+,42+,43-,44-,46+,47-,48+,49+,50-,53-,54+/m0/s1. The van der Waals surface area contributed by atoms with Gasteiger partial charge in [-0.3, -0.25) is 14.4 Å². The number of hydrogen-bond donors (Lipinski definition) is 13. The summed E-state index contributed by atoms with van der Waals surface area (Å²) in [6.45, 7) is 6.71. The Labute approximate surface area is 444 Å². The lowest BCUT2D eigenvalue weighted by Crippen LogP contribution is -2.65. The molecule has 1 aromatic rings. The van der Waals surface area contributed by atoms with E-state index in [1.54, 1.807) is 86.8 Å². The molecule has 3 aliphatic rings. The molecule has 3 aliphatic heterocycles. The number of hydrogen-bond acceptors (Lipinski definition) is 20. The maximum Gasteiger partial charge on any atom is 0.313 e. The number of aliphatic hydroxyl groups is 10. The van der Waals surface area contributed by atoms with Crippen molar-refractivity contribution in [3.8, 4) is 0 Å². The molecule has 2 fully saturated rings. The summed E-state index contributed by atoms with van der Waals surface area (Å²) in [5.41, 5.74) is 6.73.